The van der Waals surface area contributed by atoms with E-state index in [1.165, 1.54) is 0 Å². The quantitative estimate of drug-likeness (QED) is 0.566. The van der Waals surface area contributed by atoms with E-state index in [2.05, 4.69) is 36.6 Å². The normalized spacial score (nSPS) is 17.6. The zero-order chi connectivity index (χ0) is 7.98. The summed E-state index contributed by atoms with van der Waals surface area (Å²) in [4.78, 5) is 0. The number of likely N-dealkylation sites (N-methyl/N-ethyl adjacent to an activating group) is 2. The van der Waals surface area contributed by atoms with E-state index >= 15 is 0 Å². The minimum atomic E-state index is 0.468. The number of hydrogen-bond acceptors (Lipinski definition) is 2. The van der Waals surface area contributed by atoms with Gasteiger partial charge in [0.1, 0.15) is 0 Å². The molecule has 0 aliphatic heterocycles. The van der Waals surface area contributed by atoms with E-state index in [1.807, 2.05) is 14.1 Å². The van der Waals surface area contributed by atoms with Gasteiger partial charge < -0.3 is 10.6 Å². The lowest BCUT2D eigenvalue weighted by atomic mass is 10.2. The molecule has 2 N–H and O–H groups in total. The number of rotatable bonds is 4. The first kappa shape index (κ1) is 9.66. The van der Waals surface area contributed by atoms with E-state index in [0.717, 1.165) is 0 Å². The molecule has 0 fully saturated rings. The molecule has 2 nitrogen and oxygen atoms in total. The Morgan fingerprint density at radius 2 is 1.20 bits per heavy atom. The fourth-order valence-corrected chi connectivity index (χ4v) is 0.526. The van der Waals surface area contributed by atoms with Crippen molar-refractivity contribution >= 4 is 0 Å². The van der Waals surface area contributed by atoms with Crippen LogP contribution < -0.4 is 10.6 Å². The molecule has 2 heteroatoms. The van der Waals surface area contributed by atoms with Gasteiger partial charge >= 0.3 is 0 Å². The zero-order valence-electron chi connectivity index (χ0n) is 7.31. The van der Waals surface area contributed by atoms with E-state index in [1.54, 1.807) is 0 Å². The molecule has 0 aliphatic rings. The summed E-state index contributed by atoms with van der Waals surface area (Å²) in [5, 5.41) is 6.26. The first-order valence-corrected chi connectivity index (χ1v) is 3.73. The van der Waals surface area contributed by atoms with Crippen molar-refractivity contribution in [2.24, 2.45) is 0 Å². The van der Waals surface area contributed by atoms with Gasteiger partial charge in [-0.05, 0) is 27.9 Å². The van der Waals surface area contributed by atoms with Crippen molar-refractivity contribution in [2.75, 3.05) is 14.1 Å². The molecule has 0 bridgehead atoms. The van der Waals surface area contributed by atoms with Crippen molar-refractivity contribution in [3.8, 4) is 0 Å². The smallest absolute Gasteiger partial charge is 0.0219 e. The Kier molecular flexibility index (Phi) is 5.26. The lowest BCUT2D eigenvalue weighted by Crippen LogP contribution is -2.22. The molecule has 0 radical (unpaired) electrons. The maximum atomic E-state index is 3.13. The highest BCUT2D eigenvalue weighted by molar-refractivity contribution is 4.95. The van der Waals surface area contributed by atoms with Gasteiger partial charge in [0.25, 0.3) is 0 Å². The molecule has 0 saturated carbocycles. The molecular formula is C8H18N2. The summed E-state index contributed by atoms with van der Waals surface area (Å²) in [7, 11) is 3.91. The topological polar surface area (TPSA) is 24.1 Å². The summed E-state index contributed by atoms with van der Waals surface area (Å²) >= 11 is 0. The molecule has 0 amide bonds. The van der Waals surface area contributed by atoms with Crippen LogP contribution in [0.4, 0.5) is 0 Å². The first-order chi connectivity index (χ1) is 4.70. The van der Waals surface area contributed by atoms with E-state index in [0.29, 0.717) is 12.1 Å². The monoisotopic (exact) mass is 142 g/mol. The molecule has 0 aromatic carbocycles. The third-order valence-electron chi connectivity index (χ3n) is 1.60. The fraction of sp³-hybridized carbons (Fsp3) is 0.750. The predicted octanol–water partition coefficient (Wildman–Crippen LogP) is 0.758. The van der Waals surface area contributed by atoms with E-state index < -0.39 is 0 Å². The van der Waals surface area contributed by atoms with Gasteiger partial charge in [-0.25, -0.2) is 0 Å². The fourth-order valence-electron chi connectivity index (χ4n) is 0.526. The summed E-state index contributed by atoms with van der Waals surface area (Å²) < 4.78 is 0. The molecule has 0 aromatic rings. The molecule has 2 atom stereocenters. The van der Waals surface area contributed by atoms with Gasteiger partial charge in [-0.2, -0.15) is 0 Å². The standard InChI is InChI=1S/C8H18N2/c1-7(9-3)5-6-8(2)10-4/h5-10H,1-4H3/b6-5+. The van der Waals surface area contributed by atoms with E-state index in [9.17, 15) is 0 Å². The van der Waals surface area contributed by atoms with Gasteiger partial charge in [0.15, 0.2) is 0 Å². The van der Waals surface area contributed by atoms with E-state index in [4.69, 9.17) is 0 Å². The predicted molar refractivity (Wildman–Crippen MR) is 46.2 cm³/mol. The Morgan fingerprint density at radius 3 is 1.40 bits per heavy atom. The average molecular weight is 142 g/mol. The average Bonchev–Trinajstić information content (AvgIpc) is 1.99. The molecule has 0 aliphatic carbocycles. The summed E-state index contributed by atoms with van der Waals surface area (Å²) in [6.07, 6.45) is 4.31. The molecule has 0 aromatic heterocycles. The second-order valence-electron chi connectivity index (χ2n) is 2.54. The summed E-state index contributed by atoms with van der Waals surface area (Å²) in [5.41, 5.74) is 0. The van der Waals surface area contributed by atoms with Crippen LogP contribution in [0.25, 0.3) is 0 Å². The highest BCUT2D eigenvalue weighted by Gasteiger charge is 1.91. The van der Waals surface area contributed by atoms with Crippen molar-refractivity contribution < 1.29 is 0 Å². The van der Waals surface area contributed by atoms with Crippen molar-refractivity contribution in [1.29, 1.82) is 0 Å². The third kappa shape index (κ3) is 4.53. The summed E-state index contributed by atoms with van der Waals surface area (Å²) in [5.74, 6) is 0. The maximum Gasteiger partial charge on any atom is 0.0219 e. The Bertz CT molecular complexity index is 87.4. The van der Waals surface area contributed by atoms with Crippen LogP contribution in [0, 0.1) is 0 Å². The minimum absolute atomic E-state index is 0.468. The van der Waals surface area contributed by atoms with Crippen LogP contribution in [0.2, 0.25) is 0 Å². The summed E-state index contributed by atoms with van der Waals surface area (Å²) in [6, 6.07) is 0.937. The second kappa shape index (κ2) is 5.45. The molecule has 10 heavy (non-hydrogen) atoms. The molecule has 0 saturated heterocycles. The second-order valence-corrected chi connectivity index (χ2v) is 2.54. The van der Waals surface area contributed by atoms with Crippen molar-refractivity contribution in [3.05, 3.63) is 12.2 Å². The largest absolute Gasteiger partial charge is 0.314 e. The van der Waals surface area contributed by atoms with Crippen LogP contribution in [-0.4, -0.2) is 26.2 Å². The highest BCUT2D eigenvalue weighted by atomic mass is 14.9. The van der Waals surface area contributed by atoms with Crippen LogP contribution in [0.3, 0.4) is 0 Å². The Labute approximate surface area is 63.7 Å². The Hall–Kier alpha value is -0.340. The number of nitrogens with one attached hydrogen (secondary N) is 2. The molecule has 0 rings (SSSR count). The van der Waals surface area contributed by atoms with Crippen LogP contribution in [0.15, 0.2) is 12.2 Å². The lowest BCUT2D eigenvalue weighted by molar-refractivity contribution is 0.696. The van der Waals surface area contributed by atoms with Gasteiger partial charge in [-0.3, -0.25) is 0 Å². The SMILES string of the molecule is CNC(C)/C=C/C(C)NC. The zero-order valence-corrected chi connectivity index (χ0v) is 7.31. The van der Waals surface area contributed by atoms with Crippen molar-refractivity contribution in [1.82, 2.24) is 10.6 Å². The van der Waals surface area contributed by atoms with E-state index in [-0.39, 0.29) is 0 Å². The van der Waals surface area contributed by atoms with Gasteiger partial charge in [0.05, 0.1) is 0 Å². The third-order valence-corrected chi connectivity index (χ3v) is 1.60. The van der Waals surface area contributed by atoms with Gasteiger partial charge in [-0.1, -0.05) is 12.2 Å². The summed E-state index contributed by atoms with van der Waals surface area (Å²) in [6.45, 7) is 4.25. The van der Waals surface area contributed by atoms with Crippen molar-refractivity contribution in [3.63, 3.8) is 0 Å². The molecule has 0 heterocycles. The van der Waals surface area contributed by atoms with Gasteiger partial charge in [0.2, 0.25) is 0 Å². The van der Waals surface area contributed by atoms with Crippen LogP contribution in [0.5, 0.6) is 0 Å². The van der Waals surface area contributed by atoms with Crippen LogP contribution in [-0.2, 0) is 0 Å². The number of hydrogen-bond donors (Lipinski definition) is 2. The van der Waals surface area contributed by atoms with Crippen LogP contribution in [0.1, 0.15) is 13.8 Å². The van der Waals surface area contributed by atoms with Gasteiger partial charge in [-0.15, -0.1) is 0 Å². The minimum Gasteiger partial charge on any atom is -0.314 e. The Morgan fingerprint density at radius 1 is 0.900 bits per heavy atom. The maximum absolute atomic E-state index is 3.13. The molecule has 60 valence electrons. The first-order valence-electron chi connectivity index (χ1n) is 3.73. The van der Waals surface area contributed by atoms with Gasteiger partial charge in [0, 0.05) is 12.1 Å². The lowest BCUT2D eigenvalue weighted by Gasteiger charge is -2.06. The van der Waals surface area contributed by atoms with Crippen LogP contribution >= 0.6 is 0 Å². The van der Waals surface area contributed by atoms with Crippen molar-refractivity contribution in [2.45, 2.75) is 25.9 Å². The highest BCUT2D eigenvalue weighted by Crippen LogP contribution is 1.87. The molecular weight excluding hydrogens is 124 g/mol. The molecule has 0 spiro atoms. The molecule has 2 unspecified atom stereocenters. The Balaban J connectivity index is 3.52.